The van der Waals surface area contributed by atoms with Crippen LogP contribution in [0.2, 0.25) is 0 Å². The van der Waals surface area contributed by atoms with Gasteiger partial charge in [0.15, 0.2) is 5.69 Å². The molecule has 0 aliphatic heterocycles. The summed E-state index contributed by atoms with van der Waals surface area (Å²) >= 11 is 8.46. The Bertz CT molecular complexity index is 308. The minimum Gasteiger partial charge on any atom is -0.274 e. The average molecular weight is 237 g/mol. The molecule has 1 rings (SSSR count). The highest BCUT2D eigenvalue weighted by Gasteiger charge is 2.14. The van der Waals surface area contributed by atoms with Gasteiger partial charge in [0.05, 0.1) is 4.47 Å². The van der Waals surface area contributed by atoms with Crippen LogP contribution in [0.15, 0.2) is 4.47 Å². The highest BCUT2D eigenvalue weighted by molar-refractivity contribution is 9.10. The van der Waals surface area contributed by atoms with E-state index in [1.807, 2.05) is 6.92 Å². The van der Waals surface area contributed by atoms with Crippen molar-refractivity contribution in [2.75, 3.05) is 0 Å². The molecule has 1 heterocycles. The van der Waals surface area contributed by atoms with Gasteiger partial charge in [-0.3, -0.25) is 9.48 Å². The number of carbonyl (C=O) groups is 1. The Kier molecular flexibility index (Phi) is 2.34. The average Bonchev–Trinajstić information content (AvgIpc) is 2.17. The summed E-state index contributed by atoms with van der Waals surface area (Å²) in [5, 5.41) is 3.36. The van der Waals surface area contributed by atoms with Gasteiger partial charge in [-0.2, -0.15) is 5.10 Å². The van der Waals surface area contributed by atoms with Gasteiger partial charge in [0, 0.05) is 12.7 Å². The molecule has 5 heteroatoms. The quantitative estimate of drug-likeness (QED) is 0.699. The van der Waals surface area contributed by atoms with E-state index in [1.165, 1.54) is 0 Å². The first-order valence-corrected chi connectivity index (χ1v) is 4.10. The van der Waals surface area contributed by atoms with Crippen LogP contribution < -0.4 is 0 Å². The fourth-order valence-corrected chi connectivity index (χ4v) is 1.47. The van der Waals surface area contributed by atoms with Gasteiger partial charge in [-0.15, -0.1) is 0 Å². The predicted molar refractivity (Wildman–Crippen MR) is 45.8 cm³/mol. The molecule has 11 heavy (non-hydrogen) atoms. The highest BCUT2D eigenvalue weighted by Crippen LogP contribution is 2.20. The molecule has 0 aromatic carbocycles. The van der Waals surface area contributed by atoms with Crippen molar-refractivity contribution < 1.29 is 4.79 Å². The number of nitrogens with zero attached hydrogens (tertiary/aromatic N) is 2. The lowest BCUT2D eigenvalue weighted by molar-refractivity contribution is 0.107. The van der Waals surface area contributed by atoms with Crippen molar-refractivity contribution in [3.8, 4) is 0 Å². The van der Waals surface area contributed by atoms with Gasteiger partial charge in [0.1, 0.15) is 0 Å². The van der Waals surface area contributed by atoms with E-state index in [2.05, 4.69) is 21.0 Å². The second-order valence-corrected chi connectivity index (χ2v) is 3.28. The van der Waals surface area contributed by atoms with Crippen LogP contribution in [0, 0.1) is 6.92 Å². The van der Waals surface area contributed by atoms with Crippen LogP contribution in [0.1, 0.15) is 16.2 Å². The van der Waals surface area contributed by atoms with Crippen LogP contribution in [0.4, 0.5) is 0 Å². The molecule has 0 aliphatic rings. The summed E-state index contributed by atoms with van der Waals surface area (Å²) < 4.78 is 2.26. The lowest BCUT2D eigenvalue weighted by Crippen LogP contribution is -1.95. The van der Waals surface area contributed by atoms with E-state index in [9.17, 15) is 4.79 Å². The number of hydrogen-bond donors (Lipinski definition) is 0. The molecule has 0 saturated heterocycles. The van der Waals surface area contributed by atoms with E-state index in [4.69, 9.17) is 11.6 Å². The van der Waals surface area contributed by atoms with Gasteiger partial charge in [0.25, 0.3) is 5.24 Å². The number of halogens is 2. The zero-order valence-electron chi connectivity index (χ0n) is 6.06. The second-order valence-electron chi connectivity index (χ2n) is 2.15. The smallest absolute Gasteiger partial charge is 0.273 e. The standard InChI is InChI=1S/C6H6BrClN2O/c1-3-4(7)5(6(8)11)9-10(3)2/h1-2H3. The van der Waals surface area contributed by atoms with Crippen molar-refractivity contribution in [1.29, 1.82) is 0 Å². The molecule has 0 aliphatic carbocycles. The third-order valence-electron chi connectivity index (χ3n) is 1.45. The lowest BCUT2D eigenvalue weighted by Gasteiger charge is -1.89. The van der Waals surface area contributed by atoms with E-state index < -0.39 is 5.24 Å². The SMILES string of the molecule is Cc1c(Br)c(C(=O)Cl)nn1C. The zero-order valence-corrected chi connectivity index (χ0v) is 8.40. The normalized spacial score (nSPS) is 10.2. The van der Waals surface area contributed by atoms with Crippen LogP contribution in [-0.2, 0) is 7.05 Å². The summed E-state index contributed by atoms with van der Waals surface area (Å²) in [6.45, 7) is 1.85. The van der Waals surface area contributed by atoms with E-state index in [-0.39, 0.29) is 5.69 Å². The van der Waals surface area contributed by atoms with Crippen LogP contribution in [0.25, 0.3) is 0 Å². The number of carbonyl (C=O) groups excluding carboxylic acids is 1. The van der Waals surface area contributed by atoms with E-state index in [0.29, 0.717) is 4.47 Å². The summed E-state index contributed by atoms with van der Waals surface area (Å²) in [4.78, 5) is 10.7. The molecule has 0 amide bonds. The first-order valence-electron chi connectivity index (χ1n) is 2.93. The topological polar surface area (TPSA) is 34.9 Å². The number of rotatable bonds is 1. The fourth-order valence-electron chi connectivity index (χ4n) is 0.708. The minimum absolute atomic E-state index is 0.270. The first-order chi connectivity index (χ1) is 5.04. The van der Waals surface area contributed by atoms with Gasteiger partial charge in [0.2, 0.25) is 0 Å². The summed E-state index contributed by atoms with van der Waals surface area (Å²) in [5.74, 6) is 0. The molecule has 0 bridgehead atoms. The molecule has 0 spiro atoms. The highest BCUT2D eigenvalue weighted by atomic mass is 79.9. The number of aromatic nitrogens is 2. The van der Waals surface area contributed by atoms with Crippen molar-refractivity contribution in [3.05, 3.63) is 15.9 Å². The van der Waals surface area contributed by atoms with Crippen LogP contribution in [0.3, 0.4) is 0 Å². The molecule has 60 valence electrons. The monoisotopic (exact) mass is 236 g/mol. The Balaban J connectivity index is 3.29. The largest absolute Gasteiger partial charge is 0.274 e. The Morgan fingerprint density at radius 3 is 2.45 bits per heavy atom. The van der Waals surface area contributed by atoms with Crippen molar-refractivity contribution in [2.24, 2.45) is 7.05 Å². The molecule has 3 nitrogen and oxygen atoms in total. The third-order valence-corrected chi connectivity index (χ3v) is 2.58. The van der Waals surface area contributed by atoms with Crippen molar-refractivity contribution in [1.82, 2.24) is 9.78 Å². The number of aryl methyl sites for hydroxylation is 1. The van der Waals surface area contributed by atoms with Crippen molar-refractivity contribution in [3.63, 3.8) is 0 Å². The molecular formula is C6H6BrClN2O. The first kappa shape index (κ1) is 8.74. The lowest BCUT2D eigenvalue weighted by atomic mass is 10.4. The second kappa shape index (κ2) is 2.95. The maximum absolute atomic E-state index is 10.7. The van der Waals surface area contributed by atoms with E-state index >= 15 is 0 Å². The molecule has 0 unspecified atom stereocenters. The van der Waals surface area contributed by atoms with Crippen LogP contribution in [0.5, 0.6) is 0 Å². The molecular weight excluding hydrogens is 231 g/mol. The van der Waals surface area contributed by atoms with Gasteiger partial charge in [-0.25, -0.2) is 0 Å². The Morgan fingerprint density at radius 2 is 2.27 bits per heavy atom. The van der Waals surface area contributed by atoms with E-state index in [1.54, 1.807) is 11.7 Å². The maximum atomic E-state index is 10.7. The van der Waals surface area contributed by atoms with Crippen LogP contribution in [-0.4, -0.2) is 15.0 Å². The van der Waals surface area contributed by atoms with Gasteiger partial charge in [-0.05, 0) is 34.5 Å². The fraction of sp³-hybridized carbons (Fsp3) is 0.333. The minimum atomic E-state index is -0.541. The molecule has 0 N–H and O–H groups in total. The molecule has 0 radical (unpaired) electrons. The van der Waals surface area contributed by atoms with Crippen molar-refractivity contribution >= 4 is 32.8 Å². The molecule has 0 saturated carbocycles. The third kappa shape index (κ3) is 1.46. The van der Waals surface area contributed by atoms with Crippen molar-refractivity contribution in [2.45, 2.75) is 6.92 Å². The summed E-state index contributed by atoms with van der Waals surface area (Å²) in [5.41, 5.74) is 1.15. The molecule has 0 atom stereocenters. The molecule has 1 aromatic heterocycles. The summed E-state index contributed by atoms with van der Waals surface area (Å²) in [6, 6.07) is 0. The van der Waals surface area contributed by atoms with Gasteiger partial charge >= 0.3 is 0 Å². The Hall–Kier alpha value is -0.350. The van der Waals surface area contributed by atoms with E-state index in [0.717, 1.165) is 5.69 Å². The predicted octanol–water partition coefficient (Wildman–Crippen LogP) is 1.87. The maximum Gasteiger partial charge on any atom is 0.273 e. The Labute approximate surface area is 77.5 Å². The summed E-state index contributed by atoms with van der Waals surface area (Å²) in [7, 11) is 1.75. The summed E-state index contributed by atoms with van der Waals surface area (Å²) in [6.07, 6.45) is 0. The number of hydrogen-bond acceptors (Lipinski definition) is 2. The van der Waals surface area contributed by atoms with Gasteiger partial charge in [-0.1, -0.05) is 0 Å². The van der Waals surface area contributed by atoms with Crippen LogP contribution >= 0.6 is 27.5 Å². The Morgan fingerprint density at radius 1 is 1.73 bits per heavy atom. The molecule has 0 fully saturated rings. The van der Waals surface area contributed by atoms with Gasteiger partial charge < -0.3 is 0 Å². The zero-order chi connectivity index (χ0) is 8.59. The molecule has 1 aromatic rings.